The lowest BCUT2D eigenvalue weighted by Gasteiger charge is -2.36. The zero-order chi connectivity index (χ0) is 20.4. The van der Waals surface area contributed by atoms with E-state index in [-0.39, 0.29) is 12.1 Å². The fourth-order valence-electron chi connectivity index (χ4n) is 5.14. The van der Waals surface area contributed by atoms with E-state index in [1.54, 1.807) is 0 Å². The first-order valence-corrected chi connectivity index (χ1v) is 10.7. The Morgan fingerprint density at radius 3 is 2.55 bits per heavy atom. The number of para-hydroxylation sites is 1. The number of benzene rings is 3. The van der Waals surface area contributed by atoms with Gasteiger partial charge in [-0.3, -0.25) is 0 Å². The van der Waals surface area contributed by atoms with Gasteiger partial charge in [-0.1, -0.05) is 60.7 Å². The number of rotatable bonds is 1. The van der Waals surface area contributed by atoms with Crippen LogP contribution in [0.15, 0.2) is 113 Å². The Balaban J connectivity index is 1.48. The summed E-state index contributed by atoms with van der Waals surface area (Å²) in [5.74, 6) is 0. The van der Waals surface area contributed by atoms with Gasteiger partial charge in [0.1, 0.15) is 11.2 Å². The first-order chi connectivity index (χ1) is 15.4. The lowest BCUT2D eigenvalue weighted by molar-refractivity contribution is 0.523. The largest absolute Gasteiger partial charge is 0.455 e. The van der Waals surface area contributed by atoms with Crippen LogP contribution in [0.4, 0.5) is 0 Å². The van der Waals surface area contributed by atoms with Crippen molar-refractivity contribution in [1.29, 1.82) is 0 Å². The minimum Gasteiger partial charge on any atom is -0.455 e. The second-order valence-electron chi connectivity index (χ2n) is 8.34. The number of hydrogen-bond donors (Lipinski definition) is 2. The number of allylic oxidation sites excluding steroid dienone is 4. The molecule has 4 aromatic rings. The first-order valence-electron chi connectivity index (χ1n) is 10.7. The van der Waals surface area contributed by atoms with Gasteiger partial charge in [0.15, 0.2) is 0 Å². The second-order valence-corrected chi connectivity index (χ2v) is 8.34. The van der Waals surface area contributed by atoms with Crippen LogP contribution in [0.5, 0.6) is 0 Å². The molecule has 2 N–H and O–H groups in total. The fraction of sp³-hybridized carbons (Fsp3) is 0.0714. The van der Waals surface area contributed by atoms with Crippen LogP contribution in [0.1, 0.15) is 5.56 Å². The van der Waals surface area contributed by atoms with E-state index in [0.717, 1.165) is 33.1 Å². The molecule has 1 aliphatic carbocycles. The first kappa shape index (κ1) is 16.8. The smallest absolute Gasteiger partial charge is 0.143 e. The van der Waals surface area contributed by atoms with Gasteiger partial charge in [0.2, 0.25) is 0 Å². The van der Waals surface area contributed by atoms with Gasteiger partial charge in [-0.2, -0.15) is 0 Å². The third kappa shape index (κ3) is 2.40. The molecule has 3 aromatic carbocycles. The van der Waals surface area contributed by atoms with Crippen molar-refractivity contribution in [2.75, 3.05) is 0 Å². The maximum atomic E-state index is 6.42. The molecule has 0 saturated carbocycles. The molecule has 31 heavy (non-hydrogen) atoms. The van der Waals surface area contributed by atoms with E-state index in [0.29, 0.717) is 0 Å². The van der Waals surface area contributed by atoms with Crippen LogP contribution in [0.2, 0.25) is 0 Å². The number of furan rings is 1. The van der Waals surface area contributed by atoms with Crippen molar-refractivity contribution in [3.8, 4) is 0 Å². The molecule has 1 aromatic heterocycles. The van der Waals surface area contributed by atoms with E-state index >= 15 is 0 Å². The number of fused-ring (bicyclic) bond motifs is 7. The molecule has 148 valence electrons. The Kier molecular flexibility index (Phi) is 3.39. The van der Waals surface area contributed by atoms with Gasteiger partial charge in [0.25, 0.3) is 0 Å². The Hall–Kier alpha value is -3.98. The standard InChI is InChI=1S/C28H20N2O/c1-2-8-21-18(6-1)15-23-22-9-3-4-10-24(22)31-28(23)25(21)20-14-19-12-11-17-7-5-13-29-26(17)27(19)30-16-20/h1-16,26-27,29-30H. The minimum absolute atomic E-state index is 0.214. The van der Waals surface area contributed by atoms with Crippen LogP contribution in [0, 0.1) is 0 Å². The zero-order valence-electron chi connectivity index (χ0n) is 16.8. The van der Waals surface area contributed by atoms with Gasteiger partial charge in [0, 0.05) is 28.1 Å². The third-order valence-corrected chi connectivity index (χ3v) is 6.60. The molecule has 3 heteroatoms. The van der Waals surface area contributed by atoms with E-state index in [1.165, 1.54) is 21.9 Å². The molecular weight excluding hydrogens is 380 g/mol. The third-order valence-electron chi connectivity index (χ3n) is 6.60. The molecule has 0 fully saturated rings. The fourth-order valence-corrected chi connectivity index (χ4v) is 5.14. The maximum absolute atomic E-state index is 6.42. The summed E-state index contributed by atoms with van der Waals surface area (Å²) in [5.41, 5.74) is 6.75. The summed E-state index contributed by atoms with van der Waals surface area (Å²) in [6.45, 7) is 0. The number of nitrogens with one attached hydrogen (secondary N) is 2. The summed E-state index contributed by atoms with van der Waals surface area (Å²) in [6, 6.07) is 19.6. The van der Waals surface area contributed by atoms with Crippen LogP contribution < -0.4 is 10.6 Å². The van der Waals surface area contributed by atoms with E-state index in [4.69, 9.17) is 4.42 Å². The highest BCUT2D eigenvalue weighted by Gasteiger charge is 2.31. The van der Waals surface area contributed by atoms with Crippen LogP contribution in [0.3, 0.4) is 0 Å². The number of hydrogen-bond acceptors (Lipinski definition) is 3. The van der Waals surface area contributed by atoms with Crippen molar-refractivity contribution in [3.63, 3.8) is 0 Å². The van der Waals surface area contributed by atoms with Gasteiger partial charge < -0.3 is 15.1 Å². The molecular formula is C28H20N2O. The molecule has 3 nitrogen and oxygen atoms in total. The molecule has 2 atom stereocenters. The summed E-state index contributed by atoms with van der Waals surface area (Å²) in [6.07, 6.45) is 15.2. The molecule has 2 aliphatic heterocycles. The van der Waals surface area contributed by atoms with Crippen molar-refractivity contribution < 1.29 is 4.42 Å². The summed E-state index contributed by atoms with van der Waals surface area (Å²) < 4.78 is 6.42. The van der Waals surface area contributed by atoms with Gasteiger partial charge >= 0.3 is 0 Å². The SMILES string of the molecule is C1=CNC2C(=C1)C=CC1=CC(c3c4ccccc4cc4c3oc3ccccc34)=CNC12. The Labute approximate surface area is 179 Å². The summed E-state index contributed by atoms with van der Waals surface area (Å²) >= 11 is 0. The topological polar surface area (TPSA) is 37.2 Å². The van der Waals surface area contributed by atoms with E-state index in [9.17, 15) is 0 Å². The Morgan fingerprint density at radius 1 is 0.774 bits per heavy atom. The lowest BCUT2D eigenvalue weighted by Crippen LogP contribution is -2.49. The van der Waals surface area contributed by atoms with Crippen molar-refractivity contribution in [2.24, 2.45) is 0 Å². The van der Waals surface area contributed by atoms with Gasteiger partial charge in [-0.25, -0.2) is 0 Å². The van der Waals surface area contributed by atoms with Crippen molar-refractivity contribution in [3.05, 3.63) is 114 Å². The summed E-state index contributed by atoms with van der Waals surface area (Å²) in [4.78, 5) is 0. The minimum atomic E-state index is 0.214. The molecule has 2 unspecified atom stereocenters. The molecule has 0 saturated heterocycles. The molecule has 0 amide bonds. The second kappa shape index (κ2) is 6.26. The predicted molar refractivity (Wildman–Crippen MR) is 127 cm³/mol. The molecule has 3 heterocycles. The maximum Gasteiger partial charge on any atom is 0.143 e. The average molecular weight is 400 g/mol. The van der Waals surface area contributed by atoms with Crippen LogP contribution in [-0.2, 0) is 0 Å². The Morgan fingerprint density at radius 2 is 1.58 bits per heavy atom. The van der Waals surface area contributed by atoms with Crippen LogP contribution in [-0.4, -0.2) is 12.1 Å². The molecule has 7 rings (SSSR count). The molecule has 0 radical (unpaired) electrons. The van der Waals surface area contributed by atoms with E-state index in [2.05, 4.69) is 89.7 Å². The molecule has 0 bridgehead atoms. The quantitative estimate of drug-likeness (QED) is 0.414. The summed E-state index contributed by atoms with van der Waals surface area (Å²) in [5, 5.41) is 11.9. The van der Waals surface area contributed by atoms with Gasteiger partial charge in [-0.05, 0) is 52.4 Å². The molecule has 0 spiro atoms. The van der Waals surface area contributed by atoms with Crippen LogP contribution >= 0.6 is 0 Å². The predicted octanol–water partition coefficient (Wildman–Crippen LogP) is 5.96. The van der Waals surface area contributed by atoms with Crippen LogP contribution in [0.25, 0.3) is 38.3 Å². The average Bonchev–Trinajstić information content (AvgIpc) is 3.20. The Bertz CT molecular complexity index is 1540. The highest BCUT2D eigenvalue weighted by atomic mass is 16.3. The summed E-state index contributed by atoms with van der Waals surface area (Å²) in [7, 11) is 0. The normalized spacial score (nSPS) is 21.7. The highest BCUT2D eigenvalue weighted by molar-refractivity contribution is 6.16. The molecule has 3 aliphatic rings. The van der Waals surface area contributed by atoms with Gasteiger partial charge in [0.05, 0.1) is 12.1 Å². The van der Waals surface area contributed by atoms with E-state index in [1.807, 2.05) is 18.3 Å². The monoisotopic (exact) mass is 400 g/mol. The number of dihydropyridines is 2. The highest BCUT2D eigenvalue weighted by Crippen LogP contribution is 2.41. The lowest BCUT2D eigenvalue weighted by atomic mass is 9.82. The van der Waals surface area contributed by atoms with Gasteiger partial charge in [-0.15, -0.1) is 0 Å². The van der Waals surface area contributed by atoms with E-state index < -0.39 is 0 Å². The van der Waals surface area contributed by atoms with Crippen molar-refractivity contribution in [1.82, 2.24) is 10.6 Å². The zero-order valence-corrected chi connectivity index (χ0v) is 16.8. The van der Waals surface area contributed by atoms with Crippen molar-refractivity contribution >= 4 is 38.3 Å². The van der Waals surface area contributed by atoms with Crippen molar-refractivity contribution in [2.45, 2.75) is 12.1 Å².